The minimum absolute atomic E-state index is 1.01. The fraction of sp³-hybridized carbons (Fsp3) is 0.0238. The van der Waals surface area contributed by atoms with Crippen LogP contribution in [0.25, 0.3) is 77.0 Å². The van der Waals surface area contributed by atoms with Crippen molar-refractivity contribution in [3.8, 4) is 44.6 Å². The van der Waals surface area contributed by atoms with E-state index in [2.05, 4.69) is 157 Å². The van der Waals surface area contributed by atoms with Gasteiger partial charge in [-0.3, -0.25) is 4.98 Å². The number of aryl methyl sites for hydroxylation is 1. The first-order valence-corrected chi connectivity index (χ1v) is 14.8. The lowest BCUT2D eigenvalue weighted by molar-refractivity contribution is 1.21. The van der Waals surface area contributed by atoms with E-state index in [4.69, 9.17) is 0 Å². The summed E-state index contributed by atoms with van der Waals surface area (Å²) in [5, 5.41) is 7.61. The van der Waals surface area contributed by atoms with Gasteiger partial charge in [0.05, 0.1) is 5.69 Å². The molecule has 0 spiro atoms. The summed E-state index contributed by atoms with van der Waals surface area (Å²) in [6.07, 6.45) is 0. The number of nitrogens with zero attached hydrogens (tertiary/aromatic N) is 1. The lowest BCUT2D eigenvalue weighted by Gasteiger charge is -2.18. The van der Waals surface area contributed by atoms with Crippen LogP contribution in [0.4, 0.5) is 0 Å². The van der Waals surface area contributed by atoms with Crippen molar-refractivity contribution in [3.63, 3.8) is 0 Å². The maximum absolute atomic E-state index is 4.68. The maximum atomic E-state index is 4.68. The van der Waals surface area contributed by atoms with E-state index >= 15 is 0 Å². The second-order valence-corrected chi connectivity index (χ2v) is 11.2. The normalized spacial score (nSPS) is 11.4. The predicted molar refractivity (Wildman–Crippen MR) is 183 cm³/mol. The van der Waals surface area contributed by atoms with Crippen LogP contribution in [0.2, 0.25) is 0 Å². The van der Waals surface area contributed by atoms with Crippen LogP contribution in [0.15, 0.2) is 158 Å². The molecular formula is C42H29N. The zero-order valence-electron chi connectivity index (χ0n) is 24.0. The third-order valence-electron chi connectivity index (χ3n) is 8.55. The van der Waals surface area contributed by atoms with Gasteiger partial charge < -0.3 is 0 Å². The standard InChI is InChI=1S/C42H29N/c1-28-9-8-16-40(43-28)32-22-17-30(18-23-32)31-19-24-33(25-20-31)41-36-12-4-6-14-38(36)42(39-15-7-5-13-37(39)41)35-26-21-29-10-2-3-11-34(29)27-35/h2-27H,1H3. The highest BCUT2D eigenvalue weighted by molar-refractivity contribution is 6.21. The Hall–Kier alpha value is -5.53. The molecule has 0 bridgehead atoms. The molecule has 0 N–H and O–H groups in total. The highest BCUT2D eigenvalue weighted by atomic mass is 14.7. The van der Waals surface area contributed by atoms with Crippen LogP contribution in [0.5, 0.6) is 0 Å². The van der Waals surface area contributed by atoms with Crippen molar-refractivity contribution in [2.24, 2.45) is 0 Å². The van der Waals surface area contributed by atoms with Gasteiger partial charge in [-0.15, -0.1) is 0 Å². The maximum Gasteiger partial charge on any atom is 0.0705 e. The molecule has 1 heteroatoms. The lowest BCUT2D eigenvalue weighted by atomic mass is 9.85. The molecule has 7 aromatic carbocycles. The molecule has 0 amide bonds. The molecule has 0 unspecified atom stereocenters. The molecule has 1 nitrogen and oxygen atoms in total. The highest BCUT2D eigenvalue weighted by Crippen LogP contribution is 2.44. The van der Waals surface area contributed by atoms with E-state index in [0.717, 1.165) is 17.0 Å². The first-order chi connectivity index (χ1) is 21.2. The summed E-state index contributed by atoms with van der Waals surface area (Å²) in [4.78, 5) is 4.68. The quantitative estimate of drug-likeness (QED) is 0.200. The number of pyridine rings is 1. The van der Waals surface area contributed by atoms with Crippen LogP contribution < -0.4 is 0 Å². The van der Waals surface area contributed by atoms with Crippen molar-refractivity contribution in [3.05, 3.63) is 163 Å². The Labute approximate surface area is 251 Å². The second-order valence-electron chi connectivity index (χ2n) is 11.2. The van der Waals surface area contributed by atoms with Crippen molar-refractivity contribution in [1.29, 1.82) is 0 Å². The number of hydrogen-bond acceptors (Lipinski definition) is 1. The van der Waals surface area contributed by atoms with E-state index in [9.17, 15) is 0 Å². The smallest absolute Gasteiger partial charge is 0.0705 e. The number of aromatic nitrogens is 1. The molecule has 43 heavy (non-hydrogen) atoms. The van der Waals surface area contributed by atoms with Gasteiger partial charge in [0.15, 0.2) is 0 Å². The minimum atomic E-state index is 1.01. The molecule has 0 saturated heterocycles. The average molecular weight is 548 g/mol. The van der Waals surface area contributed by atoms with Gasteiger partial charge in [-0.05, 0) is 90.8 Å². The average Bonchev–Trinajstić information content (AvgIpc) is 3.07. The third-order valence-corrected chi connectivity index (χ3v) is 8.55. The summed E-state index contributed by atoms with van der Waals surface area (Å²) < 4.78 is 0. The number of benzene rings is 7. The fourth-order valence-corrected chi connectivity index (χ4v) is 6.46. The molecule has 0 aliphatic carbocycles. The van der Waals surface area contributed by atoms with Crippen LogP contribution in [0.3, 0.4) is 0 Å². The minimum Gasteiger partial charge on any atom is -0.253 e. The molecule has 8 aromatic rings. The van der Waals surface area contributed by atoms with Gasteiger partial charge in [-0.1, -0.05) is 140 Å². The molecule has 0 radical (unpaired) electrons. The largest absolute Gasteiger partial charge is 0.253 e. The summed E-state index contributed by atoms with van der Waals surface area (Å²) in [7, 11) is 0. The zero-order valence-corrected chi connectivity index (χ0v) is 24.0. The Morgan fingerprint density at radius 3 is 1.40 bits per heavy atom. The van der Waals surface area contributed by atoms with E-state index in [0.29, 0.717) is 0 Å². The number of fused-ring (bicyclic) bond motifs is 3. The van der Waals surface area contributed by atoms with E-state index in [1.807, 2.05) is 13.0 Å². The van der Waals surface area contributed by atoms with Crippen molar-refractivity contribution in [2.75, 3.05) is 0 Å². The van der Waals surface area contributed by atoms with Crippen molar-refractivity contribution in [1.82, 2.24) is 4.98 Å². The summed E-state index contributed by atoms with van der Waals surface area (Å²) in [5.41, 5.74) is 10.6. The number of rotatable bonds is 4. The molecule has 0 aliphatic heterocycles. The summed E-state index contributed by atoms with van der Waals surface area (Å²) in [6, 6.07) is 57.1. The van der Waals surface area contributed by atoms with Gasteiger partial charge in [0.25, 0.3) is 0 Å². The Bertz CT molecular complexity index is 2220. The molecule has 202 valence electrons. The van der Waals surface area contributed by atoms with Crippen molar-refractivity contribution >= 4 is 32.3 Å². The molecule has 0 fully saturated rings. The highest BCUT2D eigenvalue weighted by Gasteiger charge is 2.16. The molecule has 1 aromatic heterocycles. The Kier molecular flexibility index (Phi) is 6.09. The second kappa shape index (κ2) is 10.4. The predicted octanol–water partition coefficient (Wildman–Crippen LogP) is 11.5. The molecule has 0 atom stereocenters. The van der Waals surface area contributed by atoms with E-state index in [1.165, 1.54) is 65.7 Å². The van der Waals surface area contributed by atoms with Crippen molar-refractivity contribution in [2.45, 2.75) is 6.92 Å². The first kappa shape index (κ1) is 25.2. The molecule has 0 aliphatic rings. The summed E-state index contributed by atoms with van der Waals surface area (Å²) in [6.45, 7) is 2.03. The van der Waals surface area contributed by atoms with Crippen LogP contribution >= 0.6 is 0 Å². The van der Waals surface area contributed by atoms with Gasteiger partial charge in [-0.2, -0.15) is 0 Å². The van der Waals surface area contributed by atoms with Gasteiger partial charge >= 0.3 is 0 Å². The van der Waals surface area contributed by atoms with Gasteiger partial charge in [0.1, 0.15) is 0 Å². The molecule has 8 rings (SSSR count). The van der Waals surface area contributed by atoms with Gasteiger partial charge in [-0.25, -0.2) is 0 Å². The van der Waals surface area contributed by atoms with Crippen LogP contribution in [-0.4, -0.2) is 4.98 Å². The summed E-state index contributed by atoms with van der Waals surface area (Å²) >= 11 is 0. The first-order valence-electron chi connectivity index (χ1n) is 14.8. The molecule has 1 heterocycles. The molecule has 0 saturated carbocycles. The Balaban J connectivity index is 1.25. The van der Waals surface area contributed by atoms with Gasteiger partial charge in [0.2, 0.25) is 0 Å². The monoisotopic (exact) mass is 547 g/mol. The SMILES string of the molecule is Cc1cccc(-c2ccc(-c3ccc(-c4c5ccccc5c(-c5ccc6ccccc6c5)c5ccccc45)cc3)cc2)n1. The lowest BCUT2D eigenvalue weighted by Crippen LogP contribution is -1.91. The van der Waals surface area contributed by atoms with E-state index in [-0.39, 0.29) is 0 Å². The third kappa shape index (κ3) is 4.47. The van der Waals surface area contributed by atoms with Gasteiger partial charge in [0, 0.05) is 11.3 Å². The summed E-state index contributed by atoms with van der Waals surface area (Å²) in [5.74, 6) is 0. The van der Waals surface area contributed by atoms with E-state index < -0.39 is 0 Å². The van der Waals surface area contributed by atoms with Crippen LogP contribution in [0, 0.1) is 6.92 Å². The Morgan fingerprint density at radius 2 is 0.814 bits per heavy atom. The number of hydrogen-bond donors (Lipinski definition) is 0. The zero-order chi connectivity index (χ0) is 28.8. The molecular weight excluding hydrogens is 518 g/mol. The van der Waals surface area contributed by atoms with E-state index in [1.54, 1.807) is 0 Å². The Morgan fingerprint density at radius 1 is 0.349 bits per heavy atom. The fourth-order valence-electron chi connectivity index (χ4n) is 6.46. The topological polar surface area (TPSA) is 12.9 Å². The van der Waals surface area contributed by atoms with Crippen LogP contribution in [-0.2, 0) is 0 Å². The van der Waals surface area contributed by atoms with Crippen LogP contribution in [0.1, 0.15) is 5.69 Å². The van der Waals surface area contributed by atoms with Crippen molar-refractivity contribution < 1.29 is 0 Å².